The summed E-state index contributed by atoms with van der Waals surface area (Å²) >= 11 is 0. The molecule has 2 saturated heterocycles. The normalized spacial score (nSPS) is 34.4. The maximum atomic E-state index is 11.6. The van der Waals surface area contributed by atoms with Crippen LogP contribution in [0.5, 0.6) is 0 Å². The van der Waals surface area contributed by atoms with Gasteiger partial charge in [0, 0.05) is 19.0 Å². The minimum Gasteiger partial charge on any atom is -0.468 e. The van der Waals surface area contributed by atoms with E-state index in [1.54, 1.807) is 6.33 Å². The van der Waals surface area contributed by atoms with Crippen molar-refractivity contribution in [1.82, 2.24) is 24.4 Å². The molecule has 3 unspecified atom stereocenters. The predicted molar refractivity (Wildman–Crippen MR) is 89.4 cm³/mol. The summed E-state index contributed by atoms with van der Waals surface area (Å²) in [6.07, 6.45) is 3.01. The van der Waals surface area contributed by atoms with Gasteiger partial charge in [-0.3, -0.25) is 14.3 Å². The molecule has 9 heteroatoms. The van der Waals surface area contributed by atoms with Crippen molar-refractivity contribution in [3.8, 4) is 0 Å². The van der Waals surface area contributed by atoms with E-state index in [1.807, 2.05) is 4.57 Å². The van der Waals surface area contributed by atoms with E-state index in [-0.39, 0.29) is 30.3 Å². The third-order valence-corrected chi connectivity index (χ3v) is 5.44. The van der Waals surface area contributed by atoms with Crippen molar-refractivity contribution in [2.75, 3.05) is 25.9 Å². The van der Waals surface area contributed by atoms with Gasteiger partial charge >= 0.3 is 5.97 Å². The summed E-state index contributed by atoms with van der Waals surface area (Å²) in [7, 11) is 1.42. The van der Waals surface area contributed by atoms with Gasteiger partial charge in [0.05, 0.1) is 19.5 Å². The first-order valence-corrected chi connectivity index (χ1v) is 8.41. The lowest BCUT2D eigenvalue weighted by molar-refractivity contribution is -0.141. The van der Waals surface area contributed by atoms with Crippen molar-refractivity contribution in [3.05, 3.63) is 12.7 Å². The van der Waals surface area contributed by atoms with Gasteiger partial charge in [-0.05, 0) is 5.92 Å². The Morgan fingerprint density at radius 2 is 2.16 bits per heavy atom. The van der Waals surface area contributed by atoms with Crippen molar-refractivity contribution in [2.45, 2.75) is 32.2 Å². The average Bonchev–Trinajstić information content (AvgIpc) is 3.16. The number of esters is 1. The topological polar surface area (TPSA) is 108 Å². The third-order valence-electron chi connectivity index (χ3n) is 5.44. The molecule has 0 amide bonds. The fourth-order valence-corrected chi connectivity index (χ4v) is 3.58. The molecule has 2 aromatic rings. The van der Waals surface area contributed by atoms with Crippen LogP contribution in [-0.2, 0) is 14.3 Å². The number of aromatic nitrogens is 4. The third kappa shape index (κ3) is 2.63. The number of hydrogen-bond acceptors (Lipinski definition) is 8. The van der Waals surface area contributed by atoms with Crippen LogP contribution in [0.2, 0.25) is 0 Å². The van der Waals surface area contributed by atoms with Crippen LogP contribution in [-0.4, -0.2) is 62.7 Å². The molecular weight excluding hydrogens is 324 g/mol. The lowest BCUT2D eigenvalue weighted by atomic mass is 9.92. The standard InChI is InChI=1S/C16H22N6O3/c1-8-9(2)15(22-7-20-12-13(17)18-6-19-14(12)22)25-11(8)5-21-4-10(21)16(23)24-3/h6-11,15H,4-5H2,1-3H3,(H2,17,18,19)/t8-,9?,10?,11-,15-,21?/m1/s1. The number of methoxy groups -OCH3 is 1. The first kappa shape index (κ1) is 16.2. The fourth-order valence-electron chi connectivity index (χ4n) is 3.58. The zero-order valence-electron chi connectivity index (χ0n) is 14.5. The van der Waals surface area contributed by atoms with Crippen LogP contribution < -0.4 is 5.73 Å². The van der Waals surface area contributed by atoms with Crippen molar-refractivity contribution in [1.29, 1.82) is 0 Å². The predicted octanol–water partition coefficient (Wildman–Crippen LogP) is 0.435. The number of ether oxygens (including phenoxy) is 2. The Bertz CT molecular complexity index is 808. The quantitative estimate of drug-likeness (QED) is 0.627. The van der Waals surface area contributed by atoms with Crippen LogP contribution in [0.4, 0.5) is 5.82 Å². The molecule has 0 spiro atoms. The van der Waals surface area contributed by atoms with Crippen LogP contribution in [0.1, 0.15) is 20.1 Å². The van der Waals surface area contributed by atoms with Crippen LogP contribution in [0.25, 0.3) is 11.2 Å². The van der Waals surface area contributed by atoms with Crippen molar-refractivity contribution in [3.63, 3.8) is 0 Å². The van der Waals surface area contributed by atoms with Crippen LogP contribution in [0, 0.1) is 11.8 Å². The smallest absolute Gasteiger partial charge is 0.324 e. The molecular formula is C16H22N6O3. The molecule has 4 heterocycles. The summed E-state index contributed by atoms with van der Waals surface area (Å²) < 4.78 is 13.0. The van der Waals surface area contributed by atoms with Gasteiger partial charge < -0.3 is 15.2 Å². The van der Waals surface area contributed by atoms with Gasteiger partial charge in [0.2, 0.25) is 0 Å². The molecule has 0 aromatic carbocycles. The van der Waals surface area contributed by atoms with E-state index in [0.717, 1.165) is 6.54 Å². The van der Waals surface area contributed by atoms with E-state index in [2.05, 4.69) is 33.7 Å². The molecule has 0 aliphatic carbocycles. The number of imidazole rings is 1. The summed E-state index contributed by atoms with van der Waals surface area (Å²) in [4.78, 5) is 26.3. The van der Waals surface area contributed by atoms with Gasteiger partial charge in [0.15, 0.2) is 11.5 Å². The Labute approximate surface area is 145 Å². The first-order valence-electron chi connectivity index (χ1n) is 8.41. The van der Waals surface area contributed by atoms with Crippen molar-refractivity contribution >= 4 is 23.0 Å². The van der Waals surface area contributed by atoms with Gasteiger partial charge in [-0.2, -0.15) is 0 Å². The SMILES string of the molecule is COC(=O)C1CN1C[C@H]1O[C@@H](n2cnc3c(N)ncnc32)C(C)[C@H]1C. The van der Waals surface area contributed by atoms with Crippen molar-refractivity contribution in [2.24, 2.45) is 11.8 Å². The molecule has 0 bridgehead atoms. The van der Waals surface area contributed by atoms with Crippen LogP contribution >= 0.6 is 0 Å². The van der Waals surface area contributed by atoms with Gasteiger partial charge in [-0.1, -0.05) is 13.8 Å². The maximum absolute atomic E-state index is 11.6. The van der Waals surface area contributed by atoms with E-state index in [9.17, 15) is 4.79 Å². The zero-order valence-corrected chi connectivity index (χ0v) is 14.5. The number of anilines is 1. The monoisotopic (exact) mass is 346 g/mol. The lowest BCUT2D eigenvalue weighted by Gasteiger charge is -2.18. The van der Waals surface area contributed by atoms with E-state index >= 15 is 0 Å². The summed E-state index contributed by atoms with van der Waals surface area (Å²) in [5.41, 5.74) is 7.14. The average molecular weight is 346 g/mol. The van der Waals surface area contributed by atoms with Crippen LogP contribution in [0.15, 0.2) is 12.7 Å². The van der Waals surface area contributed by atoms with Gasteiger partial charge in [-0.15, -0.1) is 0 Å². The minimum absolute atomic E-state index is 0.0336. The molecule has 2 N–H and O–H groups in total. The molecule has 2 aliphatic rings. The number of hydrogen-bond donors (Lipinski definition) is 1. The minimum atomic E-state index is -0.178. The van der Waals surface area contributed by atoms with Gasteiger partial charge in [0.25, 0.3) is 0 Å². The zero-order chi connectivity index (χ0) is 17.7. The number of nitrogen functional groups attached to an aromatic ring is 1. The molecule has 6 atom stereocenters. The molecule has 2 aromatic heterocycles. The summed E-state index contributed by atoms with van der Waals surface area (Å²) in [5.74, 6) is 0.794. The number of carbonyl (C=O) groups excluding carboxylic acids is 1. The Morgan fingerprint density at radius 3 is 2.92 bits per heavy atom. The molecule has 2 fully saturated rings. The fraction of sp³-hybridized carbons (Fsp3) is 0.625. The number of nitrogens with zero attached hydrogens (tertiary/aromatic N) is 5. The highest BCUT2D eigenvalue weighted by atomic mass is 16.5. The molecule has 0 radical (unpaired) electrons. The molecule has 25 heavy (non-hydrogen) atoms. The number of fused-ring (bicyclic) bond motifs is 1. The van der Waals surface area contributed by atoms with Crippen LogP contribution in [0.3, 0.4) is 0 Å². The summed E-state index contributed by atoms with van der Waals surface area (Å²) in [5, 5.41) is 0. The highest BCUT2D eigenvalue weighted by molar-refractivity contribution is 5.81. The summed E-state index contributed by atoms with van der Waals surface area (Å²) in [6, 6.07) is -0.128. The highest BCUT2D eigenvalue weighted by Gasteiger charge is 2.47. The Kier molecular flexibility index (Phi) is 3.84. The number of nitrogens with two attached hydrogens (primary N) is 1. The largest absolute Gasteiger partial charge is 0.468 e. The Balaban J connectivity index is 1.52. The molecule has 0 saturated carbocycles. The van der Waals surface area contributed by atoms with E-state index in [4.69, 9.17) is 15.2 Å². The second-order valence-electron chi connectivity index (χ2n) is 6.86. The number of carbonyl (C=O) groups is 1. The molecule has 2 aliphatic heterocycles. The molecule has 134 valence electrons. The van der Waals surface area contributed by atoms with Gasteiger partial charge in [0.1, 0.15) is 24.1 Å². The lowest BCUT2D eigenvalue weighted by Crippen LogP contribution is -2.27. The van der Waals surface area contributed by atoms with Gasteiger partial charge in [-0.25, -0.2) is 15.0 Å². The van der Waals surface area contributed by atoms with E-state index in [1.165, 1.54) is 13.4 Å². The maximum Gasteiger partial charge on any atom is 0.324 e. The Hall–Kier alpha value is -2.26. The highest BCUT2D eigenvalue weighted by Crippen LogP contribution is 2.41. The first-order chi connectivity index (χ1) is 12.0. The number of rotatable bonds is 4. The second kappa shape index (κ2) is 5.92. The summed E-state index contributed by atoms with van der Waals surface area (Å²) in [6.45, 7) is 5.78. The van der Waals surface area contributed by atoms with E-state index in [0.29, 0.717) is 29.4 Å². The second-order valence-corrected chi connectivity index (χ2v) is 6.86. The van der Waals surface area contributed by atoms with Crippen molar-refractivity contribution < 1.29 is 14.3 Å². The molecule has 9 nitrogen and oxygen atoms in total. The Morgan fingerprint density at radius 1 is 1.36 bits per heavy atom. The van der Waals surface area contributed by atoms with E-state index < -0.39 is 0 Å². The molecule has 4 rings (SSSR count).